The molecule has 1 amide bonds. The maximum Gasteiger partial charge on any atom is 0.451 e. The highest BCUT2D eigenvalue weighted by molar-refractivity contribution is 5.77. The normalized spacial score (nSPS) is 24.5. The molecule has 0 aliphatic carbocycles. The Bertz CT molecular complexity index is 706. The van der Waals surface area contributed by atoms with E-state index in [0.29, 0.717) is 49.7 Å². The van der Waals surface area contributed by atoms with Crippen LogP contribution in [-0.2, 0) is 11.0 Å². The van der Waals surface area contributed by atoms with Crippen molar-refractivity contribution in [3.05, 3.63) is 17.1 Å². The minimum atomic E-state index is -4.56. The van der Waals surface area contributed by atoms with E-state index in [0.717, 1.165) is 19.3 Å². The molecule has 3 rings (SSSR count). The largest absolute Gasteiger partial charge is 0.451 e. The highest BCUT2D eigenvalue weighted by atomic mass is 19.4. The van der Waals surface area contributed by atoms with Gasteiger partial charge in [-0.2, -0.15) is 13.2 Å². The summed E-state index contributed by atoms with van der Waals surface area (Å²) < 4.78 is 39.4. The monoisotopic (exact) mass is 370 g/mol. The number of rotatable bonds is 2. The van der Waals surface area contributed by atoms with Gasteiger partial charge in [-0.05, 0) is 40.0 Å². The molecule has 2 fully saturated rings. The summed E-state index contributed by atoms with van der Waals surface area (Å²) in [5.41, 5.74) is 0.983. The van der Waals surface area contributed by atoms with Crippen LogP contribution < -0.4 is 4.90 Å². The lowest BCUT2D eigenvalue weighted by molar-refractivity contribution is -0.145. The SMILES string of the molecule is CCN1C[C@]2(CCCN(c3nc(C(F)(F)F)nc(C)c3C)C2)CCC1=O. The first-order valence-corrected chi connectivity index (χ1v) is 9.10. The first kappa shape index (κ1) is 18.9. The number of nitrogens with zero attached hydrogens (tertiary/aromatic N) is 4. The van der Waals surface area contributed by atoms with Crippen LogP contribution in [0.4, 0.5) is 19.0 Å². The molecule has 144 valence electrons. The molecule has 2 aliphatic heterocycles. The van der Waals surface area contributed by atoms with Crippen molar-refractivity contribution < 1.29 is 18.0 Å². The van der Waals surface area contributed by atoms with Gasteiger partial charge in [0.15, 0.2) is 0 Å². The molecule has 1 aromatic rings. The topological polar surface area (TPSA) is 49.3 Å². The van der Waals surface area contributed by atoms with Crippen LogP contribution in [-0.4, -0.2) is 47.0 Å². The van der Waals surface area contributed by atoms with E-state index in [9.17, 15) is 18.0 Å². The predicted octanol–water partition coefficient (Wildman–Crippen LogP) is 3.34. The summed E-state index contributed by atoms with van der Waals surface area (Å²) >= 11 is 0. The van der Waals surface area contributed by atoms with E-state index >= 15 is 0 Å². The summed E-state index contributed by atoms with van der Waals surface area (Å²) in [5.74, 6) is -0.531. The van der Waals surface area contributed by atoms with Gasteiger partial charge in [0.05, 0.1) is 0 Å². The molecule has 3 heterocycles. The van der Waals surface area contributed by atoms with Gasteiger partial charge >= 0.3 is 6.18 Å². The van der Waals surface area contributed by atoms with E-state index < -0.39 is 12.0 Å². The van der Waals surface area contributed by atoms with Crippen LogP contribution in [0.3, 0.4) is 0 Å². The number of aryl methyl sites for hydroxylation is 1. The number of amides is 1. The molecule has 5 nitrogen and oxygen atoms in total. The Balaban J connectivity index is 1.91. The summed E-state index contributed by atoms with van der Waals surface area (Å²) in [6.07, 6.45) is -1.39. The fourth-order valence-corrected chi connectivity index (χ4v) is 4.16. The van der Waals surface area contributed by atoms with Crippen molar-refractivity contribution in [1.82, 2.24) is 14.9 Å². The van der Waals surface area contributed by atoms with E-state index in [1.165, 1.54) is 0 Å². The summed E-state index contributed by atoms with van der Waals surface area (Å²) in [5, 5.41) is 0. The Hall–Kier alpha value is -1.86. The van der Waals surface area contributed by atoms with Gasteiger partial charge in [0.25, 0.3) is 0 Å². The predicted molar refractivity (Wildman–Crippen MR) is 91.9 cm³/mol. The highest BCUT2D eigenvalue weighted by Gasteiger charge is 2.42. The van der Waals surface area contributed by atoms with Crippen molar-refractivity contribution in [3.8, 4) is 0 Å². The number of hydrogen-bond donors (Lipinski definition) is 0. The number of aromatic nitrogens is 2. The maximum absolute atomic E-state index is 13.1. The molecule has 0 bridgehead atoms. The second-order valence-corrected chi connectivity index (χ2v) is 7.51. The first-order valence-electron chi connectivity index (χ1n) is 9.10. The summed E-state index contributed by atoms with van der Waals surface area (Å²) in [6.45, 7) is 7.98. The Morgan fingerprint density at radius 3 is 2.54 bits per heavy atom. The summed E-state index contributed by atoms with van der Waals surface area (Å²) in [6, 6.07) is 0. The van der Waals surface area contributed by atoms with Gasteiger partial charge in [-0.15, -0.1) is 0 Å². The minimum Gasteiger partial charge on any atom is -0.356 e. The lowest BCUT2D eigenvalue weighted by Crippen LogP contribution is -2.54. The number of alkyl halides is 3. The third-order valence-corrected chi connectivity index (χ3v) is 5.71. The molecule has 2 saturated heterocycles. The second kappa shape index (κ2) is 6.70. The van der Waals surface area contributed by atoms with Crippen LogP contribution in [0.2, 0.25) is 0 Å². The average molecular weight is 370 g/mol. The average Bonchev–Trinajstić information content (AvgIpc) is 2.59. The fourth-order valence-electron chi connectivity index (χ4n) is 4.16. The van der Waals surface area contributed by atoms with Crippen molar-refractivity contribution in [2.45, 2.75) is 52.6 Å². The molecule has 0 aromatic carbocycles. The summed E-state index contributed by atoms with van der Waals surface area (Å²) in [7, 11) is 0. The third kappa shape index (κ3) is 3.50. The first-order chi connectivity index (χ1) is 12.1. The Morgan fingerprint density at radius 1 is 1.15 bits per heavy atom. The van der Waals surface area contributed by atoms with Gasteiger partial charge in [-0.1, -0.05) is 0 Å². The van der Waals surface area contributed by atoms with Crippen LogP contribution in [0, 0.1) is 19.3 Å². The highest BCUT2D eigenvalue weighted by Crippen LogP contribution is 2.41. The zero-order valence-corrected chi connectivity index (χ0v) is 15.5. The van der Waals surface area contributed by atoms with E-state index in [2.05, 4.69) is 9.97 Å². The Labute approximate surface area is 151 Å². The van der Waals surface area contributed by atoms with Gasteiger partial charge in [0, 0.05) is 49.3 Å². The molecule has 26 heavy (non-hydrogen) atoms. The number of hydrogen-bond acceptors (Lipinski definition) is 4. The zero-order valence-electron chi connectivity index (χ0n) is 15.5. The second-order valence-electron chi connectivity index (χ2n) is 7.51. The molecule has 1 atom stereocenters. The number of likely N-dealkylation sites (tertiary alicyclic amines) is 1. The molecule has 0 unspecified atom stereocenters. The minimum absolute atomic E-state index is 0.0636. The van der Waals surface area contributed by atoms with Crippen molar-refractivity contribution in [1.29, 1.82) is 0 Å². The van der Waals surface area contributed by atoms with Crippen LogP contribution in [0.5, 0.6) is 0 Å². The summed E-state index contributed by atoms with van der Waals surface area (Å²) in [4.78, 5) is 23.3. The van der Waals surface area contributed by atoms with Crippen LogP contribution in [0.15, 0.2) is 0 Å². The quantitative estimate of drug-likeness (QED) is 0.801. The molecular formula is C18H25F3N4O. The molecule has 0 saturated carbocycles. The number of halogens is 3. The lowest BCUT2D eigenvalue weighted by atomic mass is 9.73. The molecule has 8 heteroatoms. The molecule has 0 radical (unpaired) electrons. The number of piperidine rings is 2. The van der Waals surface area contributed by atoms with E-state index in [1.54, 1.807) is 13.8 Å². The third-order valence-electron chi connectivity index (χ3n) is 5.71. The van der Waals surface area contributed by atoms with E-state index in [1.807, 2.05) is 16.7 Å². The van der Waals surface area contributed by atoms with Gasteiger partial charge in [-0.3, -0.25) is 4.79 Å². The number of carbonyl (C=O) groups excluding carboxylic acids is 1. The van der Waals surface area contributed by atoms with Crippen LogP contribution in [0.1, 0.15) is 49.7 Å². The van der Waals surface area contributed by atoms with Crippen LogP contribution in [0.25, 0.3) is 0 Å². The zero-order chi connectivity index (χ0) is 19.1. The smallest absolute Gasteiger partial charge is 0.356 e. The van der Waals surface area contributed by atoms with E-state index in [4.69, 9.17) is 0 Å². The molecule has 1 aromatic heterocycles. The molecule has 2 aliphatic rings. The Kier molecular flexibility index (Phi) is 4.88. The maximum atomic E-state index is 13.1. The lowest BCUT2D eigenvalue weighted by Gasteiger charge is -2.48. The Morgan fingerprint density at radius 2 is 1.88 bits per heavy atom. The van der Waals surface area contributed by atoms with Gasteiger partial charge in [0.2, 0.25) is 11.7 Å². The van der Waals surface area contributed by atoms with Crippen molar-refractivity contribution >= 4 is 11.7 Å². The van der Waals surface area contributed by atoms with Crippen molar-refractivity contribution in [2.75, 3.05) is 31.1 Å². The molecule has 0 N–H and O–H groups in total. The van der Waals surface area contributed by atoms with Crippen molar-refractivity contribution in [2.24, 2.45) is 5.41 Å². The number of anilines is 1. The van der Waals surface area contributed by atoms with E-state index in [-0.39, 0.29) is 11.3 Å². The fraction of sp³-hybridized carbons (Fsp3) is 0.722. The standard InChI is InChI=1S/C18H25F3N4O/c1-4-24-10-17(8-6-14(24)26)7-5-9-25(11-17)15-12(2)13(3)22-16(23-15)18(19,20)21/h4-11H2,1-3H3/t17-/m0/s1. The van der Waals surface area contributed by atoms with Crippen LogP contribution >= 0.6 is 0 Å². The molecule has 1 spiro atoms. The van der Waals surface area contributed by atoms with Gasteiger partial charge < -0.3 is 9.80 Å². The van der Waals surface area contributed by atoms with Gasteiger partial charge in [0.1, 0.15) is 5.82 Å². The number of carbonyl (C=O) groups is 1. The van der Waals surface area contributed by atoms with Gasteiger partial charge in [-0.25, -0.2) is 9.97 Å². The van der Waals surface area contributed by atoms with Crippen molar-refractivity contribution in [3.63, 3.8) is 0 Å². The molecular weight excluding hydrogens is 345 g/mol.